The Morgan fingerprint density at radius 2 is 1.75 bits per heavy atom. The van der Waals surface area contributed by atoms with Crippen molar-refractivity contribution in [2.45, 2.75) is 70.4 Å². The van der Waals surface area contributed by atoms with Gasteiger partial charge in [-0.15, -0.1) is 12.4 Å². The molecule has 5 unspecified atom stereocenters. The average molecular weight is 301 g/mol. The third-order valence-corrected chi connectivity index (χ3v) is 6.01. The normalized spacial score (nSPS) is 38.3. The maximum absolute atomic E-state index is 12.5. The second-order valence-electron chi connectivity index (χ2n) is 7.13. The molecule has 3 rings (SSSR count). The molecule has 3 fully saturated rings. The van der Waals surface area contributed by atoms with E-state index in [1.54, 1.807) is 0 Å². The topological polar surface area (TPSA) is 55.1 Å². The first-order valence-electron chi connectivity index (χ1n) is 8.22. The molecule has 0 aromatic rings. The van der Waals surface area contributed by atoms with Crippen LogP contribution in [0.25, 0.3) is 0 Å². The van der Waals surface area contributed by atoms with E-state index in [0.717, 1.165) is 0 Å². The summed E-state index contributed by atoms with van der Waals surface area (Å²) in [4.78, 5) is 12.5. The zero-order valence-corrected chi connectivity index (χ0v) is 13.3. The lowest BCUT2D eigenvalue weighted by molar-refractivity contribution is -0.128. The summed E-state index contributed by atoms with van der Waals surface area (Å²) in [6.45, 7) is 2.19. The molecule has 0 aliphatic heterocycles. The smallest absolute Gasteiger partial charge is 0.225 e. The Morgan fingerprint density at radius 1 is 1.10 bits per heavy atom. The molecular formula is C16H29ClN2O. The Bertz CT molecular complexity index is 341. The SMILES string of the molecule is CC(NC(=O)C1C2CCC(C2)C1N)C1CCCCC1.Cl. The lowest BCUT2D eigenvalue weighted by Crippen LogP contribution is -2.49. The maximum Gasteiger partial charge on any atom is 0.225 e. The van der Waals surface area contributed by atoms with Crippen LogP contribution in [-0.2, 0) is 4.79 Å². The van der Waals surface area contributed by atoms with Crippen LogP contribution >= 0.6 is 12.4 Å². The van der Waals surface area contributed by atoms with Crippen LogP contribution in [0.15, 0.2) is 0 Å². The molecule has 0 spiro atoms. The Labute approximate surface area is 128 Å². The molecule has 3 aliphatic rings. The number of carbonyl (C=O) groups is 1. The second kappa shape index (κ2) is 6.65. The van der Waals surface area contributed by atoms with Gasteiger partial charge in [-0.1, -0.05) is 19.3 Å². The fourth-order valence-electron chi connectivity index (χ4n) is 4.80. The molecule has 1 amide bonds. The first-order valence-corrected chi connectivity index (χ1v) is 8.22. The van der Waals surface area contributed by atoms with Gasteiger partial charge in [0.25, 0.3) is 0 Å². The number of nitrogens with one attached hydrogen (secondary N) is 1. The van der Waals surface area contributed by atoms with Gasteiger partial charge in [0.05, 0.1) is 5.92 Å². The average Bonchev–Trinajstić information content (AvgIpc) is 3.00. The number of halogens is 1. The van der Waals surface area contributed by atoms with Gasteiger partial charge in [0, 0.05) is 12.1 Å². The molecule has 3 N–H and O–H groups in total. The lowest BCUT2D eigenvalue weighted by atomic mass is 9.82. The minimum absolute atomic E-state index is 0. The summed E-state index contributed by atoms with van der Waals surface area (Å²) in [7, 11) is 0. The van der Waals surface area contributed by atoms with Gasteiger partial charge >= 0.3 is 0 Å². The van der Waals surface area contributed by atoms with Crippen molar-refractivity contribution in [2.24, 2.45) is 29.4 Å². The summed E-state index contributed by atoms with van der Waals surface area (Å²) in [6.07, 6.45) is 10.2. The fraction of sp³-hybridized carbons (Fsp3) is 0.938. The van der Waals surface area contributed by atoms with Crippen LogP contribution in [-0.4, -0.2) is 18.0 Å². The van der Waals surface area contributed by atoms with Gasteiger partial charge in [0.2, 0.25) is 5.91 Å². The van der Waals surface area contributed by atoms with Crippen molar-refractivity contribution in [3.05, 3.63) is 0 Å². The van der Waals surface area contributed by atoms with Crippen LogP contribution in [0, 0.1) is 23.7 Å². The van der Waals surface area contributed by atoms with Crippen molar-refractivity contribution in [2.75, 3.05) is 0 Å². The standard InChI is InChI=1S/C16H28N2O.ClH/c1-10(11-5-3-2-4-6-11)18-16(19)14-12-7-8-13(9-12)15(14)17;/h10-15H,2-9,17H2,1H3,(H,18,19);1H. The van der Waals surface area contributed by atoms with E-state index in [0.29, 0.717) is 23.8 Å². The number of nitrogens with two attached hydrogens (primary N) is 1. The molecule has 116 valence electrons. The largest absolute Gasteiger partial charge is 0.353 e. The first-order chi connectivity index (χ1) is 9.16. The van der Waals surface area contributed by atoms with Gasteiger partial charge in [-0.25, -0.2) is 0 Å². The highest BCUT2D eigenvalue weighted by Crippen LogP contribution is 2.47. The number of carbonyl (C=O) groups excluding carboxylic acids is 1. The van der Waals surface area contributed by atoms with Gasteiger partial charge in [0.1, 0.15) is 0 Å². The summed E-state index contributed by atoms with van der Waals surface area (Å²) >= 11 is 0. The fourth-order valence-corrected chi connectivity index (χ4v) is 4.80. The molecule has 0 aromatic carbocycles. The van der Waals surface area contributed by atoms with E-state index in [9.17, 15) is 4.79 Å². The van der Waals surface area contributed by atoms with Gasteiger partial charge in [-0.2, -0.15) is 0 Å². The molecule has 3 saturated carbocycles. The predicted molar refractivity (Wildman–Crippen MR) is 83.7 cm³/mol. The molecule has 0 heterocycles. The zero-order chi connectivity index (χ0) is 13.4. The highest BCUT2D eigenvalue weighted by Gasteiger charge is 2.49. The van der Waals surface area contributed by atoms with Crippen molar-refractivity contribution in [3.8, 4) is 0 Å². The second-order valence-corrected chi connectivity index (χ2v) is 7.13. The van der Waals surface area contributed by atoms with Crippen molar-refractivity contribution in [1.29, 1.82) is 0 Å². The number of rotatable bonds is 3. The summed E-state index contributed by atoms with van der Waals surface area (Å²) in [5.41, 5.74) is 6.26. The number of fused-ring (bicyclic) bond motifs is 2. The van der Waals surface area contributed by atoms with Crippen molar-refractivity contribution >= 4 is 18.3 Å². The van der Waals surface area contributed by atoms with Crippen LogP contribution in [0.5, 0.6) is 0 Å². The van der Waals surface area contributed by atoms with Crippen LogP contribution < -0.4 is 11.1 Å². The van der Waals surface area contributed by atoms with E-state index in [4.69, 9.17) is 5.73 Å². The summed E-state index contributed by atoms with van der Waals surface area (Å²) in [6, 6.07) is 0.455. The summed E-state index contributed by atoms with van der Waals surface area (Å²) in [5, 5.41) is 3.29. The van der Waals surface area contributed by atoms with E-state index < -0.39 is 0 Å². The molecule has 20 heavy (non-hydrogen) atoms. The van der Waals surface area contributed by atoms with Gasteiger partial charge in [-0.3, -0.25) is 4.79 Å². The van der Waals surface area contributed by atoms with E-state index >= 15 is 0 Å². The van der Waals surface area contributed by atoms with E-state index in [-0.39, 0.29) is 30.3 Å². The quantitative estimate of drug-likeness (QED) is 0.842. The Balaban J connectivity index is 0.00000147. The lowest BCUT2D eigenvalue weighted by Gasteiger charge is -2.32. The summed E-state index contributed by atoms with van der Waals surface area (Å²) < 4.78 is 0. The molecule has 0 radical (unpaired) electrons. The molecule has 3 aliphatic carbocycles. The van der Waals surface area contributed by atoms with Crippen molar-refractivity contribution in [3.63, 3.8) is 0 Å². The number of amides is 1. The molecule has 4 heteroatoms. The monoisotopic (exact) mass is 300 g/mol. The Hall–Kier alpha value is -0.280. The molecule has 0 aromatic heterocycles. The van der Waals surface area contributed by atoms with E-state index in [2.05, 4.69) is 12.2 Å². The van der Waals surface area contributed by atoms with Crippen LogP contribution in [0.4, 0.5) is 0 Å². The Kier molecular flexibility index (Phi) is 5.36. The van der Waals surface area contributed by atoms with E-state index in [1.807, 2.05) is 0 Å². The number of hydrogen-bond acceptors (Lipinski definition) is 2. The van der Waals surface area contributed by atoms with Crippen molar-refractivity contribution in [1.82, 2.24) is 5.32 Å². The highest BCUT2D eigenvalue weighted by atomic mass is 35.5. The minimum Gasteiger partial charge on any atom is -0.353 e. The third kappa shape index (κ3) is 2.99. The van der Waals surface area contributed by atoms with Crippen LogP contribution in [0.2, 0.25) is 0 Å². The van der Waals surface area contributed by atoms with Crippen molar-refractivity contribution < 1.29 is 4.79 Å². The molecule has 2 bridgehead atoms. The minimum atomic E-state index is 0. The number of hydrogen-bond donors (Lipinski definition) is 2. The molecule has 0 saturated heterocycles. The molecular weight excluding hydrogens is 272 g/mol. The van der Waals surface area contributed by atoms with E-state index in [1.165, 1.54) is 51.4 Å². The molecule has 5 atom stereocenters. The van der Waals surface area contributed by atoms with Gasteiger partial charge in [-0.05, 0) is 56.8 Å². The predicted octanol–water partition coefficient (Wildman–Crippen LogP) is 2.87. The zero-order valence-electron chi connectivity index (χ0n) is 12.5. The third-order valence-electron chi connectivity index (χ3n) is 6.01. The summed E-state index contributed by atoms with van der Waals surface area (Å²) in [5.74, 6) is 2.22. The van der Waals surface area contributed by atoms with Crippen LogP contribution in [0.3, 0.4) is 0 Å². The van der Waals surface area contributed by atoms with Gasteiger partial charge in [0.15, 0.2) is 0 Å². The van der Waals surface area contributed by atoms with Crippen LogP contribution in [0.1, 0.15) is 58.3 Å². The maximum atomic E-state index is 12.5. The molecule has 3 nitrogen and oxygen atoms in total. The Morgan fingerprint density at radius 3 is 2.35 bits per heavy atom. The first kappa shape index (κ1) is 16.1. The van der Waals surface area contributed by atoms with Gasteiger partial charge < -0.3 is 11.1 Å². The highest BCUT2D eigenvalue weighted by molar-refractivity contribution is 5.85.